The second-order valence-corrected chi connectivity index (χ2v) is 6.96. The molecule has 2 unspecified atom stereocenters. The molecule has 0 N–H and O–H groups in total. The maximum Gasteiger partial charge on any atom is 0.312 e. The minimum absolute atomic E-state index is 0.0203. The smallest absolute Gasteiger partial charge is 0.312 e. The monoisotopic (exact) mass is 406 g/mol. The van der Waals surface area contributed by atoms with Gasteiger partial charge in [-0.05, 0) is 19.1 Å². The van der Waals surface area contributed by atoms with Gasteiger partial charge < -0.3 is 28.7 Å². The highest BCUT2D eigenvalue weighted by Crippen LogP contribution is 2.36. The van der Waals surface area contributed by atoms with Crippen molar-refractivity contribution in [3.63, 3.8) is 0 Å². The largest absolute Gasteiger partial charge is 0.497 e. The molecule has 2 atom stereocenters. The van der Waals surface area contributed by atoms with E-state index in [1.807, 2.05) is 0 Å². The lowest BCUT2D eigenvalue weighted by Gasteiger charge is -2.29. The van der Waals surface area contributed by atoms with Crippen LogP contribution in [0.2, 0.25) is 0 Å². The SMILES string of the molecule is COc1ccc(N2CC(C(=O)OC(C)C(=O)N3CCOCC3)CC2=O)c(OC)c1. The van der Waals surface area contributed by atoms with Crippen molar-refractivity contribution in [1.82, 2.24) is 4.90 Å². The zero-order valence-corrected chi connectivity index (χ0v) is 16.9. The Morgan fingerprint density at radius 1 is 1.17 bits per heavy atom. The molecule has 3 rings (SSSR count). The molecule has 0 bridgehead atoms. The second kappa shape index (κ2) is 9.13. The standard InChI is InChI=1S/C20H26N2O7/c1-13(19(24)21-6-8-28-9-7-21)29-20(25)14-10-18(23)22(12-14)16-5-4-15(26-2)11-17(16)27-3/h4-5,11,13-14H,6-10,12H2,1-3H3. The van der Waals surface area contributed by atoms with Gasteiger partial charge in [-0.1, -0.05) is 0 Å². The van der Waals surface area contributed by atoms with Gasteiger partial charge in [0.05, 0.1) is 39.0 Å². The fraction of sp³-hybridized carbons (Fsp3) is 0.550. The van der Waals surface area contributed by atoms with Crippen molar-refractivity contribution < 1.29 is 33.3 Å². The molecule has 2 aliphatic rings. The Labute approximate surface area is 169 Å². The maximum absolute atomic E-state index is 12.6. The molecule has 2 aliphatic heterocycles. The number of nitrogens with zero attached hydrogens (tertiary/aromatic N) is 2. The van der Waals surface area contributed by atoms with Crippen LogP contribution in [0.4, 0.5) is 5.69 Å². The highest BCUT2D eigenvalue weighted by Gasteiger charge is 2.38. The molecule has 0 saturated carbocycles. The van der Waals surface area contributed by atoms with Gasteiger partial charge in [-0.25, -0.2) is 0 Å². The van der Waals surface area contributed by atoms with Gasteiger partial charge in [-0.2, -0.15) is 0 Å². The van der Waals surface area contributed by atoms with E-state index >= 15 is 0 Å². The number of amides is 2. The van der Waals surface area contributed by atoms with Crippen molar-refractivity contribution in [2.24, 2.45) is 5.92 Å². The first kappa shape index (κ1) is 20.9. The number of esters is 1. The maximum atomic E-state index is 12.6. The van der Waals surface area contributed by atoms with Gasteiger partial charge in [0.15, 0.2) is 6.10 Å². The van der Waals surface area contributed by atoms with E-state index in [0.717, 1.165) is 0 Å². The Bertz CT molecular complexity index is 776. The number of carbonyl (C=O) groups is 3. The van der Waals surface area contributed by atoms with Crippen LogP contribution >= 0.6 is 0 Å². The van der Waals surface area contributed by atoms with E-state index in [0.29, 0.717) is 43.5 Å². The molecule has 1 aromatic carbocycles. The predicted octanol–water partition coefficient (Wildman–Crippen LogP) is 0.847. The van der Waals surface area contributed by atoms with E-state index in [2.05, 4.69) is 0 Å². The third kappa shape index (κ3) is 4.61. The molecular formula is C20H26N2O7. The van der Waals surface area contributed by atoms with Gasteiger partial charge in [0.2, 0.25) is 5.91 Å². The predicted molar refractivity (Wildman–Crippen MR) is 103 cm³/mol. The normalized spacial score (nSPS) is 20.4. The van der Waals surface area contributed by atoms with Crippen LogP contribution in [0.1, 0.15) is 13.3 Å². The van der Waals surface area contributed by atoms with Gasteiger partial charge in [0.25, 0.3) is 5.91 Å². The molecule has 2 fully saturated rings. The van der Waals surface area contributed by atoms with Gasteiger partial charge >= 0.3 is 5.97 Å². The molecule has 2 amide bonds. The lowest BCUT2D eigenvalue weighted by molar-refractivity contribution is -0.163. The Kier molecular flexibility index (Phi) is 6.58. The van der Waals surface area contributed by atoms with Crippen LogP contribution in [0.25, 0.3) is 0 Å². The minimum atomic E-state index is -0.903. The number of rotatable bonds is 6. The van der Waals surface area contributed by atoms with E-state index in [1.165, 1.54) is 12.0 Å². The van der Waals surface area contributed by atoms with Gasteiger partial charge in [0.1, 0.15) is 11.5 Å². The zero-order valence-electron chi connectivity index (χ0n) is 16.9. The number of hydrogen-bond acceptors (Lipinski definition) is 7. The zero-order chi connectivity index (χ0) is 21.0. The van der Waals surface area contributed by atoms with Crippen molar-refractivity contribution in [1.29, 1.82) is 0 Å². The molecule has 1 aromatic rings. The summed E-state index contributed by atoms with van der Waals surface area (Å²) in [7, 11) is 3.05. The third-order valence-electron chi connectivity index (χ3n) is 5.10. The summed E-state index contributed by atoms with van der Waals surface area (Å²) >= 11 is 0. The molecule has 0 aromatic heterocycles. The number of ether oxygens (including phenoxy) is 4. The summed E-state index contributed by atoms with van der Waals surface area (Å²) in [6.07, 6.45) is -0.882. The second-order valence-electron chi connectivity index (χ2n) is 6.96. The first-order valence-corrected chi connectivity index (χ1v) is 9.54. The number of anilines is 1. The number of benzene rings is 1. The van der Waals surface area contributed by atoms with E-state index < -0.39 is 18.0 Å². The average molecular weight is 406 g/mol. The first-order valence-electron chi connectivity index (χ1n) is 9.54. The van der Waals surface area contributed by atoms with E-state index in [4.69, 9.17) is 18.9 Å². The lowest BCUT2D eigenvalue weighted by atomic mass is 10.1. The van der Waals surface area contributed by atoms with Gasteiger partial charge in [-0.15, -0.1) is 0 Å². The van der Waals surface area contributed by atoms with Gasteiger partial charge in [-0.3, -0.25) is 14.4 Å². The molecule has 0 radical (unpaired) electrons. The Morgan fingerprint density at radius 3 is 2.55 bits per heavy atom. The van der Waals surface area contributed by atoms with E-state index in [1.54, 1.807) is 37.1 Å². The summed E-state index contributed by atoms with van der Waals surface area (Å²) in [5.74, 6) is -0.579. The Balaban J connectivity index is 1.63. The fourth-order valence-electron chi connectivity index (χ4n) is 3.47. The number of methoxy groups -OCH3 is 2. The number of morpholine rings is 1. The van der Waals surface area contributed by atoms with Gasteiger partial charge in [0, 0.05) is 32.1 Å². The summed E-state index contributed by atoms with van der Waals surface area (Å²) in [4.78, 5) is 40.6. The molecule has 0 spiro atoms. The van der Waals surface area contributed by atoms with Crippen molar-refractivity contribution in [2.75, 3.05) is 52.0 Å². The van der Waals surface area contributed by atoms with Crippen molar-refractivity contribution in [2.45, 2.75) is 19.4 Å². The molecule has 158 valence electrons. The number of hydrogen-bond donors (Lipinski definition) is 0. The van der Waals surface area contributed by atoms with E-state index in [9.17, 15) is 14.4 Å². The van der Waals surface area contributed by atoms with Crippen LogP contribution < -0.4 is 14.4 Å². The molecule has 0 aliphatic carbocycles. The summed E-state index contributed by atoms with van der Waals surface area (Å²) < 4.78 is 21.1. The minimum Gasteiger partial charge on any atom is -0.497 e. The third-order valence-corrected chi connectivity index (χ3v) is 5.10. The lowest BCUT2D eigenvalue weighted by Crippen LogP contribution is -2.46. The van der Waals surface area contributed by atoms with Crippen molar-refractivity contribution >= 4 is 23.5 Å². The van der Waals surface area contributed by atoms with Crippen LogP contribution in [0, 0.1) is 5.92 Å². The molecule has 9 nitrogen and oxygen atoms in total. The summed E-state index contributed by atoms with van der Waals surface area (Å²) in [6.45, 7) is 3.63. The van der Waals surface area contributed by atoms with Crippen LogP contribution in [0.3, 0.4) is 0 Å². The summed E-state index contributed by atoms with van der Waals surface area (Å²) in [5, 5.41) is 0. The number of carbonyl (C=O) groups excluding carboxylic acids is 3. The summed E-state index contributed by atoms with van der Waals surface area (Å²) in [5.41, 5.74) is 0.561. The van der Waals surface area contributed by atoms with Crippen LogP contribution in [0.15, 0.2) is 18.2 Å². The van der Waals surface area contributed by atoms with Crippen LogP contribution in [-0.4, -0.2) is 75.9 Å². The quantitative estimate of drug-likeness (QED) is 0.647. The molecule has 2 saturated heterocycles. The van der Waals surface area contributed by atoms with Crippen LogP contribution in [-0.2, 0) is 23.9 Å². The van der Waals surface area contributed by atoms with E-state index in [-0.39, 0.29) is 24.8 Å². The molecule has 9 heteroatoms. The highest BCUT2D eigenvalue weighted by molar-refractivity contribution is 6.01. The average Bonchev–Trinajstić information content (AvgIpc) is 3.14. The highest BCUT2D eigenvalue weighted by atomic mass is 16.5. The fourth-order valence-corrected chi connectivity index (χ4v) is 3.47. The Morgan fingerprint density at radius 2 is 1.90 bits per heavy atom. The molecule has 29 heavy (non-hydrogen) atoms. The molecular weight excluding hydrogens is 380 g/mol. The topological polar surface area (TPSA) is 94.6 Å². The summed E-state index contributed by atoms with van der Waals surface area (Å²) in [6, 6.07) is 5.12. The van der Waals surface area contributed by atoms with Crippen molar-refractivity contribution in [3.8, 4) is 11.5 Å². The van der Waals surface area contributed by atoms with Crippen molar-refractivity contribution in [3.05, 3.63) is 18.2 Å². The molecule has 2 heterocycles. The first-order chi connectivity index (χ1) is 13.9. The Hall–Kier alpha value is -2.81. The van der Waals surface area contributed by atoms with Crippen LogP contribution in [0.5, 0.6) is 11.5 Å².